The summed E-state index contributed by atoms with van der Waals surface area (Å²) in [6.45, 7) is 5.80. The van der Waals surface area contributed by atoms with Crippen LogP contribution in [0.2, 0.25) is 0 Å². The Morgan fingerprint density at radius 3 is 2.00 bits per heavy atom. The van der Waals surface area contributed by atoms with E-state index < -0.39 is 84.9 Å². The number of allylic oxidation sites excluding steroid dienone is 5. The second-order valence-corrected chi connectivity index (χ2v) is 14.2. The highest BCUT2D eigenvalue weighted by Gasteiger charge is 2.53. The lowest BCUT2D eigenvalue weighted by Gasteiger charge is -2.36. The summed E-state index contributed by atoms with van der Waals surface area (Å²) in [4.78, 5) is 53.5. The van der Waals surface area contributed by atoms with E-state index in [-0.39, 0.29) is 77.8 Å². The predicted octanol–water partition coefficient (Wildman–Crippen LogP) is 5.48. The molecule has 0 fully saturated rings. The zero-order valence-corrected chi connectivity index (χ0v) is 32.0. The third kappa shape index (κ3) is 9.41. The minimum atomic E-state index is -5.14. The number of nitrogens with zero attached hydrogens (tertiary/aromatic N) is 6. The molecule has 5 rings (SSSR count). The third-order valence-corrected chi connectivity index (χ3v) is 9.86. The van der Waals surface area contributed by atoms with E-state index in [2.05, 4.69) is 22.1 Å². The molecule has 318 valence electrons. The number of benzene rings is 1. The smallest absolute Gasteiger partial charge is 0.365 e. The van der Waals surface area contributed by atoms with E-state index in [9.17, 15) is 49.9 Å². The number of amides is 6. The van der Waals surface area contributed by atoms with Crippen molar-refractivity contribution in [3.05, 3.63) is 87.9 Å². The number of hydrogen-bond donors (Lipinski definition) is 4. The van der Waals surface area contributed by atoms with Gasteiger partial charge in [-0.25, -0.2) is 18.4 Å². The molecule has 3 aromatic rings. The number of carbonyl (C=O) groups is 4. The van der Waals surface area contributed by atoms with E-state index in [4.69, 9.17) is 11.5 Å². The van der Waals surface area contributed by atoms with E-state index in [1.807, 2.05) is 5.32 Å². The number of rotatable bonds is 11. The van der Waals surface area contributed by atoms with E-state index >= 15 is 4.39 Å². The average Bonchev–Trinajstić information content (AvgIpc) is 3.72. The fraction of sp³-hybridized carbons (Fsp3) is 0.405. The molecule has 0 aliphatic carbocycles. The molecular weight excluding hydrogens is 800 g/mol. The van der Waals surface area contributed by atoms with Gasteiger partial charge in [0, 0.05) is 37.2 Å². The fourth-order valence-corrected chi connectivity index (χ4v) is 6.68. The molecule has 0 bridgehead atoms. The minimum absolute atomic E-state index is 0.0139. The Bertz CT molecular complexity index is 2260. The molecule has 6 amide bonds. The summed E-state index contributed by atoms with van der Waals surface area (Å²) in [5.74, 6) is -3.84. The summed E-state index contributed by atoms with van der Waals surface area (Å²) >= 11 is 0. The van der Waals surface area contributed by atoms with Crippen molar-refractivity contribution >= 4 is 29.4 Å². The summed E-state index contributed by atoms with van der Waals surface area (Å²) in [7, 11) is 0. The Morgan fingerprint density at radius 2 is 1.47 bits per heavy atom. The number of alkyl halides is 6. The first-order valence-corrected chi connectivity index (χ1v) is 18.0. The number of nitrogens with one attached hydrogen (secondary N) is 2. The number of halogens is 8. The topological polar surface area (TPSA) is 186 Å². The molecule has 2 aromatic heterocycles. The molecule has 4 heterocycles. The molecule has 0 spiro atoms. The van der Waals surface area contributed by atoms with Gasteiger partial charge in [0.05, 0.1) is 55.1 Å². The lowest BCUT2D eigenvalue weighted by molar-refractivity contribution is -0.188. The van der Waals surface area contributed by atoms with Crippen LogP contribution in [0.5, 0.6) is 0 Å². The average molecular weight is 841 g/mol. The van der Waals surface area contributed by atoms with Crippen LogP contribution in [-0.4, -0.2) is 90.8 Å². The predicted molar refractivity (Wildman–Crippen MR) is 196 cm³/mol. The minimum Gasteiger partial charge on any atom is -0.365 e. The Balaban J connectivity index is 1.37. The van der Waals surface area contributed by atoms with Gasteiger partial charge in [-0.2, -0.15) is 36.5 Å². The largest absolute Gasteiger partial charge is 0.411 e. The van der Waals surface area contributed by atoms with Gasteiger partial charge in [-0.3, -0.25) is 19.0 Å². The zero-order valence-electron chi connectivity index (χ0n) is 32.0. The molecule has 1 aromatic carbocycles. The van der Waals surface area contributed by atoms with E-state index in [1.54, 1.807) is 6.92 Å². The van der Waals surface area contributed by atoms with Crippen molar-refractivity contribution < 1.29 is 54.3 Å². The first-order valence-electron chi connectivity index (χ1n) is 18.0. The molecule has 22 heteroatoms. The van der Waals surface area contributed by atoms with Crippen molar-refractivity contribution in [2.75, 3.05) is 19.6 Å². The number of urea groups is 2. The normalized spacial score (nSPS) is 15.9. The van der Waals surface area contributed by atoms with Crippen LogP contribution in [-0.2, 0) is 32.6 Å². The van der Waals surface area contributed by atoms with Gasteiger partial charge in [-0.15, -0.1) is 0 Å². The molecule has 1 atom stereocenters. The highest BCUT2D eigenvalue weighted by molar-refractivity contribution is 6.01. The Morgan fingerprint density at radius 1 is 0.898 bits per heavy atom. The SMILES string of the molecule is C=C(C)C(=CC(F)=CC)c1nn2c(c1C(N)=O)CN(C(=O)NC(C)(Cc1ccc(-c3nn4c(c3C(N)=O)CN(C(=O)NCCC(F)(F)F)CC4)cc1F)C(F)(F)F)CC2. The Labute approximate surface area is 331 Å². The summed E-state index contributed by atoms with van der Waals surface area (Å²) in [5, 5.41) is 12.8. The molecule has 59 heavy (non-hydrogen) atoms. The fourth-order valence-electron chi connectivity index (χ4n) is 6.68. The molecule has 0 radical (unpaired) electrons. The Kier molecular flexibility index (Phi) is 12.3. The van der Waals surface area contributed by atoms with E-state index in [1.165, 1.54) is 22.4 Å². The second-order valence-electron chi connectivity index (χ2n) is 14.2. The highest BCUT2D eigenvalue weighted by Crippen LogP contribution is 2.36. The van der Waals surface area contributed by atoms with Crippen molar-refractivity contribution in [1.29, 1.82) is 0 Å². The van der Waals surface area contributed by atoms with Crippen molar-refractivity contribution in [3.8, 4) is 11.3 Å². The highest BCUT2D eigenvalue weighted by atomic mass is 19.4. The van der Waals surface area contributed by atoms with Crippen LogP contribution in [0.4, 0.5) is 44.7 Å². The van der Waals surface area contributed by atoms with Gasteiger partial charge < -0.3 is 31.9 Å². The van der Waals surface area contributed by atoms with Crippen molar-refractivity contribution in [3.63, 3.8) is 0 Å². The first kappa shape index (κ1) is 43.9. The molecule has 14 nitrogen and oxygen atoms in total. The van der Waals surface area contributed by atoms with Crippen molar-refractivity contribution in [1.82, 2.24) is 40.0 Å². The van der Waals surface area contributed by atoms with E-state index in [0.717, 1.165) is 34.1 Å². The summed E-state index contributed by atoms with van der Waals surface area (Å²) < 4.78 is 115. The van der Waals surface area contributed by atoms with Gasteiger partial charge >= 0.3 is 24.4 Å². The maximum absolute atomic E-state index is 15.8. The molecule has 1 unspecified atom stereocenters. The first-order chi connectivity index (χ1) is 27.4. The molecule has 2 aliphatic rings. The number of carbonyl (C=O) groups excluding carboxylic acids is 4. The standard InChI is InChI=1S/C37H40F8N10O4/c1-5-22(38)15-23(19(2)3)30-28(32(47)57)26-18-53(11-13-55(26)51-30)34(59)49-35(4,37(43,44)45)16-21-7-6-20(14-24(21)39)29-27(31(46)56)25-17-52(10-12-54(25)50-29)33(58)48-9-8-36(40,41)42/h5-7,14-15H,2,8-13,16-18H2,1,3-4H3,(H2,46,56)(H2,47,57)(H,48,58)(H,49,59). The third-order valence-electron chi connectivity index (χ3n) is 9.86. The zero-order chi connectivity index (χ0) is 43.8. The van der Waals surface area contributed by atoms with Gasteiger partial charge in [0.2, 0.25) is 0 Å². The van der Waals surface area contributed by atoms with Crippen LogP contribution in [0.25, 0.3) is 16.8 Å². The molecule has 0 saturated heterocycles. The maximum Gasteiger partial charge on any atom is 0.411 e. The summed E-state index contributed by atoms with van der Waals surface area (Å²) in [6.07, 6.45) is -9.74. The Hall–Kier alpha value is -6.22. The number of primary amides is 2. The molecule has 6 N–H and O–H groups in total. The molecular formula is C37H40F8N10O4. The van der Waals surface area contributed by atoms with Gasteiger partial charge in [-0.05, 0) is 44.1 Å². The molecule has 0 saturated carbocycles. The van der Waals surface area contributed by atoms with Gasteiger partial charge in [-0.1, -0.05) is 24.8 Å². The van der Waals surface area contributed by atoms with Gasteiger partial charge in [0.25, 0.3) is 11.8 Å². The van der Waals surface area contributed by atoms with Crippen LogP contribution < -0.4 is 22.1 Å². The number of aromatic nitrogens is 4. The molecule has 2 aliphatic heterocycles. The lowest BCUT2D eigenvalue weighted by atomic mass is 9.90. The van der Waals surface area contributed by atoms with Crippen LogP contribution in [0.15, 0.2) is 48.3 Å². The van der Waals surface area contributed by atoms with Crippen LogP contribution in [0, 0.1) is 5.82 Å². The van der Waals surface area contributed by atoms with Gasteiger partial charge in [0.1, 0.15) is 28.6 Å². The summed E-state index contributed by atoms with van der Waals surface area (Å²) in [6, 6.07) is 1.01. The van der Waals surface area contributed by atoms with Crippen molar-refractivity contribution in [2.24, 2.45) is 11.5 Å². The second kappa shape index (κ2) is 16.6. The summed E-state index contributed by atoms with van der Waals surface area (Å²) in [5.41, 5.74) is 7.77. The number of nitrogens with two attached hydrogens (primary N) is 2. The van der Waals surface area contributed by atoms with Crippen LogP contribution >= 0.6 is 0 Å². The lowest BCUT2D eigenvalue weighted by Crippen LogP contribution is -2.61. The number of hydrogen-bond acceptors (Lipinski definition) is 6. The van der Waals surface area contributed by atoms with Crippen molar-refractivity contribution in [2.45, 2.75) is 77.7 Å². The monoisotopic (exact) mass is 840 g/mol. The van der Waals surface area contributed by atoms with Crippen LogP contribution in [0.3, 0.4) is 0 Å². The van der Waals surface area contributed by atoms with Crippen LogP contribution in [0.1, 0.15) is 70.6 Å². The maximum atomic E-state index is 15.8. The number of fused-ring (bicyclic) bond motifs is 2. The quantitative estimate of drug-likeness (QED) is 0.146. The van der Waals surface area contributed by atoms with E-state index in [0.29, 0.717) is 12.5 Å². The van der Waals surface area contributed by atoms with Gasteiger partial charge in [0.15, 0.2) is 0 Å².